The van der Waals surface area contributed by atoms with Crippen LogP contribution in [0.1, 0.15) is 93.9 Å². The predicted octanol–water partition coefficient (Wildman–Crippen LogP) is 6.92. The van der Waals surface area contributed by atoms with Crippen LogP contribution in [0.3, 0.4) is 0 Å². The summed E-state index contributed by atoms with van der Waals surface area (Å²) in [7, 11) is 0. The van der Waals surface area contributed by atoms with Gasteiger partial charge < -0.3 is 14.5 Å². The molecular weight excluding hydrogens is 518 g/mol. The maximum absolute atomic E-state index is 13.9. The smallest absolute Gasteiger partial charge is 0.227 e. The molecule has 2 saturated heterocycles. The molecule has 5 rings (SSSR count). The summed E-state index contributed by atoms with van der Waals surface area (Å²) in [5, 5.41) is 0. The van der Waals surface area contributed by atoms with Gasteiger partial charge in [-0.25, -0.2) is 0 Å². The van der Waals surface area contributed by atoms with Gasteiger partial charge in [0.15, 0.2) is 0 Å². The van der Waals surface area contributed by atoms with E-state index in [-0.39, 0.29) is 17.4 Å². The Kier molecular flexibility index (Phi) is 10.7. The van der Waals surface area contributed by atoms with E-state index in [0.29, 0.717) is 6.42 Å². The van der Waals surface area contributed by atoms with Crippen LogP contribution < -0.4 is 4.74 Å². The molecule has 0 bridgehead atoms. The number of aryl methyl sites for hydroxylation is 2. The van der Waals surface area contributed by atoms with E-state index in [1.54, 1.807) is 0 Å². The van der Waals surface area contributed by atoms with Crippen molar-refractivity contribution >= 4 is 5.91 Å². The second-order valence-corrected chi connectivity index (χ2v) is 13.8. The lowest BCUT2D eigenvalue weighted by Crippen LogP contribution is -2.52. The molecule has 2 aliphatic heterocycles. The number of amides is 1. The standard InChI is InChI=1S/C37H55N3O2/c1-29(2)42-35-14-10-11-32(26-35)27-36(41)40-19-9-8-17-37(28-40,33-16-15-30(3)31(4)25-33)18-20-38-21-23-39(24-22-38)34-12-6-5-7-13-34/h10-11,14-16,25-26,29,34H,5-9,12-13,17-24,27-28H2,1-4H3/t37-/m1/s1. The van der Waals surface area contributed by atoms with Gasteiger partial charge in [0, 0.05) is 50.7 Å². The van der Waals surface area contributed by atoms with Crippen LogP contribution in [-0.4, -0.2) is 78.6 Å². The zero-order valence-corrected chi connectivity index (χ0v) is 26.9. The first kappa shape index (κ1) is 31.1. The fourth-order valence-corrected chi connectivity index (χ4v) is 7.62. The number of likely N-dealkylation sites (tertiary alicyclic amines) is 1. The first-order valence-electron chi connectivity index (χ1n) is 16.9. The number of rotatable bonds is 9. The van der Waals surface area contributed by atoms with E-state index in [4.69, 9.17) is 4.74 Å². The average molecular weight is 574 g/mol. The molecule has 0 N–H and O–H groups in total. The first-order chi connectivity index (χ1) is 20.3. The summed E-state index contributed by atoms with van der Waals surface area (Å²) in [4.78, 5) is 21.5. The molecule has 0 spiro atoms. The minimum atomic E-state index is -0.00622. The third-order valence-corrected chi connectivity index (χ3v) is 10.3. The number of ether oxygens (including phenoxy) is 1. The Labute approximate surface area is 255 Å². The number of nitrogens with zero attached hydrogens (tertiary/aromatic N) is 3. The van der Waals surface area contributed by atoms with Crippen LogP contribution in [0.5, 0.6) is 5.75 Å². The lowest BCUT2D eigenvalue weighted by Gasteiger charge is -2.43. The van der Waals surface area contributed by atoms with Gasteiger partial charge in [-0.3, -0.25) is 9.69 Å². The summed E-state index contributed by atoms with van der Waals surface area (Å²) < 4.78 is 5.91. The summed E-state index contributed by atoms with van der Waals surface area (Å²) in [5.41, 5.74) is 5.16. The van der Waals surface area contributed by atoms with Gasteiger partial charge in [-0.1, -0.05) is 56.0 Å². The van der Waals surface area contributed by atoms with Gasteiger partial charge in [-0.15, -0.1) is 0 Å². The zero-order chi connectivity index (χ0) is 29.5. The summed E-state index contributed by atoms with van der Waals surface area (Å²) in [6, 6.07) is 16.0. The Hall–Kier alpha value is -2.37. The number of carbonyl (C=O) groups excluding carboxylic acids is 1. The normalized spacial score (nSPS) is 23.2. The molecule has 2 aromatic rings. The van der Waals surface area contributed by atoms with E-state index in [9.17, 15) is 4.79 Å². The van der Waals surface area contributed by atoms with Crippen LogP contribution in [0.4, 0.5) is 0 Å². The van der Waals surface area contributed by atoms with Gasteiger partial charge in [0.05, 0.1) is 12.5 Å². The molecule has 3 fully saturated rings. The Morgan fingerprint density at radius 2 is 1.69 bits per heavy atom. The molecule has 3 aliphatic rings. The van der Waals surface area contributed by atoms with E-state index in [2.05, 4.69) is 52.8 Å². The van der Waals surface area contributed by atoms with Crippen molar-refractivity contribution in [1.82, 2.24) is 14.7 Å². The highest BCUT2D eigenvalue weighted by atomic mass is 16.5. The van der Waals surface area contributed by atoms with Crippen LogP contribution in [0, 0.1) is 13.8 Å². The van der Waals surface area contributed by atoms with Gasteiger partial charge in [0.25, 0.3) is 0 Å². The molecule has 1 saturated carbocycles. The Morgan fingerprint density at radius 3 is 2.43 bits per heavy atom. The second kappa shape index (κ2) is 14.4. The molecule has 0 radical (unpaired) electrons. The highest BCUT2D eigenvalue weighted by Gasteiger charge is 2.38. The minimum Gasteiger partial charge on any atom is -0.491 e. The van der Waals surface area contributed by atoms with E-state index in [1.807, 2.05) is 32.0 Å². The molecule has 5 heteroatoms. The van der Waals surface area contributed by atoms with Crippen molar-refractivity contribution in [2.75, 3.05) is 45.8 Å². The lowest BCUT2D eigenvalue weighted by atomic mass is 9.73. The molecule has 2 aromatic carbocycles. The molecule has 0 aromatic heterocycles. The van der Waals surface area contributed by atoms with E-state index in [1.165, 1.54) is 81.4 Å². The summed E-state index contributed by atoms with van der Waals surface area (Å²) >= 11 is 0. The van der Waals surface area contributed by atoms with Gasteiger partial charge >= 0.3 is 0 Å². The maximum atomic E-state index is 13.9. The SMILES string of the molecule is Cc1ccc([C@@]2(CCN3CCN(C4CCCCC4)CC3)CCCCN(C(=O)Cc3cccc(OC(C)C)c3)C2)cc1C. The van der Waals surface area contributed by atoms with E-state index < -0.39 is 0 Å². The molecule has 5 nitrogen and oxygen atoms in total. The van der Waals surface area contributed by atoms with Crippen LogP contribution in [-0.2, 0) is 16.6 Å². The fourth-order valence-electron chi connectivity index (χ4n) is 7.62. The molecule has 42 heavy (non-hydrogen) atoms. The quantitative estimate of drug-likeness (QED) is 0.326. The zero-order valence-electron chi connectivity index (χ0n) is 26.9. The van der Waals surface area contributed by atoms with Crippen molar-refractivity contribution in [3.63, 3.8) is 0 Å². The summed E-state index contributed by atoms with van der Waals surface area (Å²) in [6.07, 6.45) is 12.1. The third-order valence-electron chi connectivity index (χ3n) is 10.3. The lowest BCUT2D eigenvalue weighted by molar-refractivity contribution is -0.131. The monoisotopic (exact) mass is 573 g/mol. The number of hydrogen-bond acceptors (Lipinski definition) is 4. The molecule has 1 aliphatic carbocycles. The van der Waals surface area contributed by atoms with Crippen LogP contribution in [0.25, 0.3) is 0 Å². The molecule has 1 amide bonds. The van der Waals surface area contributed by atoms with Crippen molar-refractivity contribution in [1.29, 1.82) is 0 Å². The van der Waals surface area contributed by atoms with Gasteiger partial charge in [0.2, 0.25) is 5.91 Å². The van der Waals surface area contributed by atoms with Crippen molar-refractivity contribution in [2.45, 2.75) is 109 Å². The molecular formula is C37H55N3O2. The summed E-state index contributed by atoms with van der Waals surface area (Å²) in [5.74, 6) is 1.09. The van der Waals surface area contributed by atoms with Crippen LogP contribution in [0.2, 0.25) is 0 Å². The van der Waals surface area contributed by atoms with Gasteiger partial charge in [-0.2, -0.15) is 0 Å². The first-order valence-corrected chi connectivity index (χ1v) is 16.9. The predicted molar refractivity (Wildman–Crippen MR) is 173 cm³/mol. The maximum Gasteiger partial charge on any atom is 0.227 e. The third kappa shape index (κ3) is 7.96. The Morgan fingerprint density at radius 1 is 0.905 bits per heavy atom. The van der Waals surface area contributed by atoms with Crippen LogP contribution in [0.15, 0.2) is 42.5 Å². The number of piperazine rings is 1. The highest BCUT2D eigenvalue weighted by molar-refractivity contribution is 5.79. The topological polar surface area (TPSA) is 36.0 Å². The second-order valence-electron chi connectivity index (χ2n) is 13.8. The Balaban J connectivity index is 1.29. The van der Waals surface area contributed by atoms with Crippen LogP contribution >= 0.6 is 0 Å². The van der Waals surface area contributed by atoms with E-state index >= 15 is 0 Å². The minimum absolute atomic E-state index is 0.00622. The van der Waals surface area contributed by atoms with Crippen molar-refractivity contribution in [3.05, 3.63) is 64.7 Å². The molecule has 0 unspecified atom stereocenters. The molecule has 230 valence electrons. The highest BCUT2D eigenvalue weighted by Crippen LogP contribution is 2.38. The fraction of sp³-hybridized carbons (Fsp3) is 0.649. The molecule has 1 atom stereocenters. The summed E-state index contributed by atoms with van der Waals surface area (Å²) in [6.45, 7) is 16.1. The Bertz CT molecular complexity index is 1170. The molecule has 2 heterocycles. The largest absolute Gasteiger partial charge is 0.491 e. The number of benzene rings is 2. The van der Waals surface area contributed by atoms with Crippen molar-refractivity contribution in [3.8, 4) is 5.75 Å². The van der Waals surface area contributed by atoms with Crippen molar-refractivity contribution in [2.24, 2.45) is 0 Å². The van der Waals surface area contributed by atoms with Gasteiger partial charge in [-0.05, 0) is 101 Å². The van der Waals surface area contributed by atoms with E-state index in [0.717, 1.165) is 56.3 Å². The van der Waals surface area contributed by atoms with Crippen molar-refractivity contribution < 1.29 is 9.53 Å². The van der Waals surface area contributed by atoms with Gasteiger partial charge in [0.1, 0.15) is 5.75 Å². The number of hydrogen-bond donors (Lipinski definition) is 0. The number of carbonyl (C=O) groups is 1. The average Bonchev–Trinajstić information content (AvgIpc) is 3.22.